The second kappa shape index (κ2) is 12.9. The van der Waals surface area contributed by atoms with Gasteiger partial charge in [0.05, 0.1) is 38.6 Å². The zero-order chi connectivity index (χ0) is 41.2. The van der Waals surface area contributed by atoms with E-state index in [1.807, 2.05) is 0 Å². The van der Waals surface area contributed by atoms with Gasteiger partial charge in [0, 0.05) is 49.7 Å². The standard InChI is InChI=1S/C57H36N6/c1-4-16-39(17-5-1)59-48-24-12-10-22-43(48)45-34-37(28-31-50(45)59)38-29-32-51-46(35-38)47-36-42(30-33-52(47)60(51)40-18-6-2-7-19-40)61-49-25-13-11-23-44(49)55-56(61)63-54-27-15-14-26-53(54)62(57(63)58-55)41-20-8-3-9-21-41/h1-36H. The van der Waals surface area contributed by atoms with Crippen molar-refractivity contribution in [1.82, 2.24) is 27.7 Å². The minimum Gasteiger partial charge on any atom is -0.309 e. The lowest BCUT2D eigenvalue weighted by Gasteiger charge is -2.10. The van der Waals surface area contributed by atoms with Crippen molar-refractivity contribution in [3.05, 3.63) is 218 Å². The van der Waals surface area contributed by atoms with Gasteiger partial charge >= 0.3 is 0 Å². The quantitative estimate of drug-likeness (QED) is 0.171. The van der Waals surface area contributed by atoms with E-state index >= 15 is 0 Å². The summed E-state index contributed by atoms with van der Waals surface area (Å²) in [6, 6.07) is 78.9. The van der Waals surface area contributed by atoms with Crippen LogP contribution < -0.4 is 0 Å². The minimum atomic E-state index is 0.891. The number of rotatable bonds is 5. The molecule has 0 amide bonds. The Morgan fingerprint density at radius 3 is 1.30 bits per heavy atom. The maximum Gasteiger partial charge on any atom is 0.221 e. The van der Waals surface area contributed by atoms with Crippen LogP contribution in [0.4, 0.5) is 0 Å². The average molecular weight is 805 g/mol. The largest absolute Gasteiger partial charge is 0.309 e. The molecule has 0 spiro atoms. The summed E-state index contributed by atoms with van der Waals surface area (Å²) >= 11 is 0. The van der Waals surface area contributed by atoms with Gasteiger partial charge in [-0.05, 0) is 114 Å². The fourth-order valence-electron chi connectivity index (χ4n) is 10.4. The molecule has 0 radical (unpaired) electrons. The van der Waals surface area contributed by atoms with Crippen LogP contribution in [0.3, 0.4) is 0 Å². The number of nitrogens with zero attached hydrogens (tertiary/aromatic N) is 6. The maximum absolute atomic E-state index is 5.46. The van der Waals surface area contributed by atoms with Gasteiger partial charge in [-0.25, -0.2) is 4.98 Å². The van der Waals surface area contributed by atoms with Crippen LogP contribution in [0.2, 0.25) is 0 Å². The Hall–Kier alpha value is -8.61. The number of para-hydroxylation sites is 7. The molecule has 0 fully saturated rings. The van der Waals surface area contributed by atoms with Crippen molar-refractivity contribution in [2.45, 2.75) is 0 Å². The molecule has 294 valence electrons. The molecule has 0 N–H and O–H groups in total. The summed E-state index contributed by atoms with van der Waals surface area (Å²) < 4.78 is 11.8. The number of fused-ring (bicyclic) bond motifs is 13. The van der Waals surface area contributed by atoms with Crippen LogP contribution in [0, 0.1) is 0 Å². The van der Waals surface area contributed by atoms with Crippen molar-refractivity contribution in [3.8, 4) is 33.9 Å². The van der Waals surface area contributed by atoms with Crippen LogP contribution in [0.1, 0.15) is 0 Å². The Morgan fingerprint density at radius 2 is 0.698 bits per heavy atom. The smallest absolute Gasteiger partial charge is 0.221 e. The SMILES string of the molecule is c1ccc(-n2c3ccccc3c3cc(-c4ccc5c(c4)c4cc(-n6c7ccccc7c7nc8n(-c9ccccc9)c9ccccc9n8c76)ccc4n5-c4ccccc4)ccc32)cc1. The van der Waals surface area contributed by atoms with Gasteiger partial charge in [-0.2, -0.15) is 0 Å². The number of hydrogen-bond donors (Lipinski definition) is 0. The molecule has 63 heavy (non-hydrogen) atoms. The topological polar surface area (TPSA) is 37.0 Å². The van der Waals surface area contributed by atoms with E-state index in [0.717, 1.165) is 67.1 Å². The Kier molecular flexibility index (Phi) is 7.02. The van der Waals surface area contributed by atoms with E-state index in [1.54, 1.807) is 0 Å². The summed E-state index contributed by atoms with van der Waals surface area (Å²) in [5.41, 5.74) is 16.9. The van der Waals surface area contributed by atoms with Crippen LogP contribution in [-0.2, 0) is 0 Å². The lowest BCUT2D eigenvalue weighted by molar-refractivity contribution is 1.08. The highest BCUT2D eigenvalue weighted by Crippen LogP contribution is 2.41. The zero-order valence-corrected chi connectivity index (χ0v) is 34.0. The van der Waals surface area contributed by atoms with Gasteiger partial charge in [-0.3, -0.25) is 13.5 Å². The fourth-order valence-corrected chi connectivity index (χ4v) is 10.4. The summed E-state index contributed by atoms with van der Waals surface area (Å²) in [4.78, 5) is 5.46. The van der Waals surface area contributed by atoms with E-state index < -0.39 is 0 Å². The molecule has 0 bridgehead atoms. The Labute approximate surface area is 361 Å². The van der Waals surface area contributed by atoms with Crippen molar-refractivity contribution < 1.29 is 0 Å². The van der Waals surface area contributed by atoms with E-state index in [9.17, 15) is 0 Å². The molecule has 0 aliphatic rings. The molecule has 5 heterocycles. The fraction of sp³-hybridized carbons (Fsp3) is 0. The Bertz CT molecular complexity index is 4120. The maximum atomic E-state index is 5.46. The first-order chi connectivity index (χ1) is 31.3. The summed E-state index contributed by atoms with van der Waals surface area (Å²) in [6.45, 7) is 0. The van der Waals surface area contributed by atoms with Crippen molar-refractivity contribution in [2.75, 3.05) is 0 Å². The van der Waals surface area contributed by atoms with Gasteiger partial charge < -0.3 is 9.13 Å². The Morgan fingerprint density at radius 1 is 0.270 bits per heavy atom. The molecule has 0 unspecified atom stereocenters. The predicted octanol–water partition coefficient (Wildman–Crippen LogP) is 14.2. The van der Waals surface area contributed by atoms with Crippen molar-refractivity contribution in [2.24, 2.45) is 0 Å². The number of benzene rings is 9. The third kappa shape index (κ3) is 4.80. The number of imidazole rings is 2. The van der Waals surface area contributed by atoms with Crippen LogP contribution >= 0.6 is 0 Å². The summed E-state index contributed by atoms with van der Waals surface area (Å²) in [7, 11) is 0. The normalized spacial score (nSPS) is 12.1. The summed E-state index contributed by atoms with van der Waals surface area (Å²) in [5, 5.41) is 6.00. The molecule has 0 aliphatic heterocycles. The molecule has 6 heteroatoms. The van der Waals surface area contributed by atoms with Crippen molar-refractivity contribution >= 4 is 82.5 Å². The second-order valence-corrected chi connectivity index (χ2v) is 16.5. The molecule has 5 aromatic heterocycles. The predicted molar refractivity (Wildman–Crippen MR) is 260 cm³/mol. The first kappa shape index (κ1) is 34.1. The summed E-state index contributed by atoms with van der Waals surface area (Å²) in [6.07, 6.45) is 0. The van der Waals surface area contributed by atoms with Crippen molar-refractivity contribution in [1.29, 1.82) is 0 Å². The molecule has 14 aromatic rings. The summed E-state index contributed by atoms with van der Waals surface area (Å²) in [5.74, 6) is 0.891. The Balaban J connectivity index is 1.03. The first-order valence-electron chi connectivity index (χ1n) is 21.5. The van der Waals surface area contributed by atoms with Gasteiger partial charge in [0.25, 0.3) is 0 Å². The van der Waals surface area contributed by atoms with Gasteiger partial charge in [-0.1, -0.05) is 115 Å². The first-order valence-corrected chi connectivity index (χ1v) is 21.5. The third-order valence-corrected chi connectivity index (χ3v) is 13.1. The molecule has 0 aliphatic carbocycles. The minimum absolute atomic E-state index is 0.891. The molecule has 0 saturated heterocycles. The van der Waals surface area contributed by atoms with Crippen LogP contribution in [0.5, 0.6) is 0 Å². The van der Waals surface area contributed by atoms with Gasteiger partial charge in [-0.15, -0.1) is 0 Å². The van der Waals surface area contributed by atoms with Gasteiger partial charge in [0.1, 0.15) is 5.52 Å². The van der Waals surface area contributed by atoms with E-state index in [1.165, 1.54) is 49.2 Å². The van der Waals surface area contributed by atoms with E-state index in [0.29, 0.717) is 0 Å². The van der Waals surface area contributed by atoms with Crippen LogP contribution in [-0.4, -0.2) is 27.7 Å². The van der Waals surface area contributed by atoms with Crippen molar-refractivity contribution in [3.63, 3.8) is 0 Å². The highest BCUT2D eigenvalue weighted by Gasteiger charge is 2.24. The lowest BCUT2D eigenvalue weighted by Crippen LogP contribution is -1.98. The van der Waals surface area contributed by atoms with Gasteiger partial charge in [0.2, 0.25) is 5.78 Å². The lowest BCUT2D eigenvalue weighted by atomic mass is 10.0. The molecule has 0 saturated carbocycles. The third-order valence-electron chi connectivity index (χ3n) is 13.1. The van der Waals surface area contributed by atoms with Gasteiger partial charge in [0.15, 0.2) is 5.65 Å². The molecule has 14 rings (SSSR count). The zero-order valence-electron chi connectivity index (χ0n) is 34.0. The highest BCUT2D eigenvalue weighted by molar-refractivity contribution is 6.14. The molecular formula is C57H36N6. The molecule has 0 atom stereocenters. The van der Waals surface area contributed by atoms with Crippen LogP contribution in [0.25, 0.3) is 116 Å². The highest BCUT2D eigenvalue weighted by atomic mass is 15.3. The second-order valence-electron chi connectivity index (χ2n) is 16.5. The molecule has 9 aromatic carbocycles. The average Bonchev–Trinajstić information content (AvgIpc) is 4.14. The molecule has 6 nitrogen and oxygen atoms in total. The monoisotopic (exact) mass is 804 g/mol. The number of aromatic nitrogens is 6. The van der Waals surface area contributed by atoms with E-state index in [2.05, 4.69) is 241 Å². The number of hydrogen-bond acceptors (Lipinski definition) is 1. The molecular weight excluding hydrogens is 769 g/mol. The van der Waals surface area contributed by atoms with E-state index in [-0.39, 0.29) is 0 Å². The van der Waals surface area contributed by atoms with E-state index in [4.69, 9.17) is 4.98 Å². The van der Waals surface area contributed by atoms with Crippen LogP contribution in [0.15, 0.2) is 218 Å².